The molecular formula is C70H57F3N2. The Morgan fingerprint density at radius 1 is 0.267 bits per heavy atom. The third-order valence-electron chi connectivity index (χ3n) is 15.6. The number of hydrogen-bond acceptors (Lipinski definition) is 0. The second-order valence-corrected chi connectivity index (χ2v) is 21.1. The zero-order valence-corrected chi connectivity index (χ0v) is 43.8. The summed E-state index contributed by atoms with van der Waals surface area (Å²) in [5, 5.41) is 4.20. The van der Waals surface area contributed by atoms with E-state index in [1.807, 2.05) is 25.1 Å². The number of fused-ring (bicyclic) bond motifs is 6. The van der Waals surface area contributed by atoms with E-state index in [4.69, 9.17) is 0 Å². The van der Waals surface area contributed by atoms with E-state index in [9.17, 15) is 0 Å². The lowest BCUT2D eigenvalue weighted by Crippen LogP contribution is -2.09. The third-order valence-corrected chi connectivity index (χ3v) is 15.6. The number of aryl methyl sites for hydroxylation is 9. The zero-order chi connectivity index (χ0) is 52.2. The molecular weight excluding hydrogens is 926 g/mol. The van der Waals surface area contributed by atoms with Crippen LogP contribution in [0.25, 0.3) is 111 Å². The lowest BCUT2D eigenvalue weighted by Gasteiger charge is -2.19. The number of benzene rings is 10. The van der Waals surface area contributed by atoms with Crippen molar-refractivity contribution < 1.29 is 13.2 Å². The lowest BCUT2D eigenvalue weighted by molar-refractivity contribution is -0.137. The molecule has 0 saturated heterocycles. The van der Waals surface area contributed by atoms with Gasteiger partial charge in [0.25, 0.3) is 0 Å². The largest absolute Gasteiger partial charge is 0.417 e. The SMILES string of the molecule is Cc1ccc(-c2ccc3c(c2)c2cc(-c4ccc(C)cc4C)ccc2n3-c2ccc(C)c(-c3cc(-n4c5ccc(-c6ccc(C)cc6C)cc5c5cc(-c6ccc(C)cc6C)ccc54)ccc3C(F)(F)F)c2)c(C)c1. The Bertz CT molecular complexity index is 4110. The summed E-state index contributed by atoms with van der Waals surface area (Å²) in [6.07, 6.45) is -4.62. The van der Waals surface area contributed by atoms with Crippen LogP contribution in [-0.4, -0.2) is 9.13 Å². The van der Waals surface area contributed by atoms with Gasteiger partial charge in [0.15, 0.2) is 0 Å². The van der Waals surface area contributed by atoms with Gasteiger partial charge in [-0.25, -0.2) is 0 Å². The molecule has 0 N–H and O–H groups in total. The fourth-order valence-corrected chi connectivity index (χ4v) is 12.0. The van der Waals surface area contributed by atoms with Gasteiger partial charge >= 0.3 is 6.18 Å². The minimum absolute atomic E-state index is 0.128. The number of nitrogens with zero attached hydrogens (tertiary/aromatic N) is 2. The predicted octanol–water partition coefficient (Wildman–Crippen LogP) is 20.0. The van der Waals surface area contributed by atoms with Crippen LogP contribution >= 0.6 is 0 Å². The van der Waals surface area contributed by atoms with E-state index in [1.165, 1.54) is 50.6 Å². The topological polar surface area (TPSA) is 9.86 Å². The quantitative estimate of drug-likeness (QED) is 0.151. The number of halogens is 3. The number of alkyl halides is 3. The molecule has 0 unspecified atom stereocenters. The Hall–Kier alpha value is -8.41. The van der Waals surface area contributed by atoms with Crippen molar-refractivity contribution in [3.8, 4) is 67.0 Å². The number of rotatable bonds is 7. The van der Waals surface area contributed by atoms with Crippen LogP contribution in [0.3, 0.4) is 0 Å². The standard InChI is InChI=1S/C70H57F3N2/c1-40-10-21-55(45(6)30-40)49-15-26-66-61(34-49)62-35-50(56-22-11-41(2)31-46(56)7)16-27-67(62)74(66)53-19-14-44(5)59(38-53)60-39-54(20-25-65(60)70(71,72)73)75-68-28-17-51(57-23-12-42(3)32-47(57)8)36-63(68)64-37-52(18-29-69(64)75)58-24-13-43(4)33-48(58)9/h10-39H,1-9H3. The van der Waals surface area contributed by atoms with E-state index in [0.29, 0.717) is 11.3 Å². The maximum Gasteiger partial charge on any atom is 0.417 e. The van der Waals surface area contributed by atoms with Crippen molar-refractivity contribution >= 4 is 43.6 Å². The van der Waals surface area contributed by atoms with Crippen LogP contribution < -0.4 is 0 Å². The summed E-state index contributed by atoms with van der Waals surface area (Å²) in [5.74, 6) is 0. The molecule has 2 aromatic heterocycles. The van der Waals surface area contributed by atoms with Crippen molar-refractivity contribution in [2.75, 3.05) is 0 Å². The maximum atomic E-state index is 15.6. The smallest absolute Gasteiger partial charge is 0.309 e. The third kappa shape index (κ3) is 8.22. The predicted molar refractivity (Wildman–Crippen MR) is 310 cm³/mol. The van der Waals surface area contributed by atoms with Gasteiger partial charge in [0.1, 0.15) is 0 Å². The van der Waals surface area contributed by atoms with Crippen molar-refractivity contribution in [3.63, 3.8) is 0 Å². The van der Waals surface area contributed by atoms with Crippen molar-refractivity contribution in [3.05, 3.63) is 238 Å². The lowest BCUT2D eigenvalue weighted by atomic mass is 9.94. The highest BCUT2D eigenvalue weighted by Gasteiger charge is 2.35. The Balaban J connectivity index is 1.07. The monoisotopic (exact) mass is 982 g/mol. The highest BCUT2D eigenvalue weighted by atomic mass is 19.4. The minimum atomic E-state index is -4.62. The van der Waals surface area contributed by atoms with Crippen LogP contribution in [0, 0.1) is 62.3 Å². The number of aromatic nitrogens is 2. The molecule has 0 saturated carbocycles. The Labute approximate surface area is 437 Å². The molecule has 368 valence electrons. The van der Waals surface area contributed by atoms with E-state index in [1.54, 1.807) is 12.1 Å². The molecule has 2 heterocycles. The summed E-state index contributed by atoms with van der Waals surface area (Å²) >= 11 is 0. The fourth-order valence-electron chi connectivity index (χ4n) is 12.0. The molecule has 0 fully saturated rings. The average Bonchev–Trinajstić information content (AvgIpc) is 3.87. The van der Waals surface area contributed by atoms with Crippen LogP contribution in [-0.2, 0) is 6.18 Å². The second kappa shape index (κ2) is 17.9. The Morgan fingerprint density at radius 2 is 0.573 bits per heavy atom. The molecule has 5 heteroatoms. The van der Waals surface area contributed by atoms with Crippen LogP contribution in [0.4, 0.5) is 13.2 Å². The molecule has 0 atom stereocenters. The molecule has 0 spiro atoms. The van der Waals surface area contributed by atoms with Crippen LogP contribution in [0.15, 0.2) is 182 Å². The minimum Gasteiger partial charge on any atom is -0.309 e. The van der Waals surface area contributed by atoms with Crippen molar-refractivity contribution in [2.24, 2.45) is 0 Å². The van der Waals surface area contributed by atoms with Gasteiger partial charge in [-0.05, 0) is 225 Å². The first-order valence-electron chi connectivity index (χ1n) is 25.8. The van der Waals surface area contributed by atoms with Crippen molar-refractivity contribution in [1.82, 2.24) is 9.13 Å². The zero-order valence-electron chi connectivity index (χ0n) is 43.8. The Morgan fingerprint density at radius 3 is 0.880 bits per heavy atom. The summed E-state index contributed by atoms with van der Waals surface area (Å²) in [7, 11) is 0. The van der Waals surface area contributed by atoms with Gasteiger partial charge in [-0.3, -0.25) is 0 Å². The van der Waals surface area contributed by atoms with Gasteiger partial charge in [0.2, 0.25) is 0 Å². The Kier molecular flexibility index (Phi) is 11.4. The molecule has 10 aromatic carbocycles. The summed E-state index contributed by atoms with van der Waals surface area (Å²) in [4.78, 5) is 0. The van der Waals surface area contributed by atoms with Gasteiger partial charge in [-0.1, -0.05) is 125 Å². The van der Waals surface area contributed by atoms with Crippen LogP contribution in [0.5, 0.6) is 0 Å². The molecule has 0 aliphatic rings. The normalized spacial score (nSPS) is 12.0. The summed E-state index contributed by atoms with van der Waals surface area (Å²) in [6, 6.07) is 63.0. The molecule has 0 radical (unpaired) electrons. The van der Waals surface area contributed by atoms with Crippen molar-refractivity contribution in [2.45, 2.75) is 68.5 Å². The van der Waals surface area contributed by atoms with E-state index < -0.39 is 11.7 Å². The van der Waals surface area contributed by atoms with Gasteiger partial charge in [0.05, 0.1) is 27.6 Å². The summed E-state index contributed by atoms with van der Waals surface area (Å²) in [6.45, 7) is 18.9. The second-order valence-electron chi connectivity index (χ2n) is 21.1. The fraction of sp³-hybridized carbons (Fsp3) is 0.143. The average molecular weight is 983 g/mol. The van der Waals surface area contributed by atoms with E-state index >= 15 is 13.2 Å². The van der Waals surface area contributed by atoms with Gasteiger partial charge in [-0.2, -0.15) is 13.2 Å². The van der Waals surface area contributed by atoms with Crippen molar-refractivity contribution in [1.29, 1.82) is 0 Å². The first-order chi connectivity index (χ1) is 36.0. The molecule has 0 amide bonds. The van der Waals surface area contributed by atoms with Gasteiger partial charge in [0, 0.05) is 32.9 Å². The highest BCUT2D eigenvalue weighted by Crippen LogP contribution is 2.45. The molecule has 0 aliphatic heterocycles. The molecule has 2 nitrogen and oxygen atoms in total. The molecule has 75 heavy (non-hydrogen) atoms. The highest BCUT2D eigenvalue weighted by molar-refractivity contribution is 6.13. The molecule has 0 aliphatic carbocycles. The maximum absolute atomic E-state index is 15.6. The molecule has 12 aromatic rings. The van der Waals surface area contributed by atoms with E-state index in [-0.39, 0.29) is 5.56 Å². The summed E-state index contributed by atoms with van der Waals surface area (Å²) in [5.41, 5.74) is 24.5. The first kappa shape index (κ1) is 47.6. The summed E-state index contributed by atoms with van der Waals surface area (Å²) < 4.78 is 51.2. The van der Waals surface area contributed by atoms with Gasteiger partial charge in [-0.15, -0.1) is 0 Å². The van der Waals surface area contributed by atoms with Gasteiger partial charge < -0.3 is 9.13 Å². The van der Waals surface area contributed by atoms with E-state index in [0.717, 1.165) is 99.4 Å². The molecule has 12 rings (SSSR count). The van der Waals surface area contributed by atoms with E-state index in [2.05, 4.69) is 210 Å². The first-order valence-corrected chi connectivity index (χ1v) is 25.8. The van der Waals surface area contributed by atoms with Crippen LogP contribution in [0.2, 0.25) is 0 Å². The number of hydrogen-bond donors (Lipinski definition) is 0. The molecule has 0 bridgehead atoms. The van der Waals surface area contributed by atoms with Crippen LogP contribution in [0.1, 0.15) is 55.6 Å².